The van der Waals surface area contributed by atoms with Gasteiger partial charge >= 0.3 is 5.97 Å². The molecule has 0 aromatic heterocycles. The van der Waals surface area contributed by atoms with Gasteiger partial charge in [0.15, 0.2) is 0 Å². The molecule has 0 spiro atoms. The van der Waals surface area contributed by atoms with Crippen LogP contribution in [0.4, 0.5) is 0 Å². The highest BCUT2D eigenvalue weighted by Crippen LogP contribution is 2.30. The molecule has 1 saturated carbocycles. The van der Waals surface area contributed by atoms with Crippen LogP contribution in [0.25, 0.3) is 0 Å². The number of carbonyl (C=O) groups is 2. The molecule has 1 amide bonds. The fraction of sp³-hybridized carbons (Fsp3) is 0.833. The lowest BCUT2D eigenvalue weighted by atomic mass is 10.1. The Morgan fingerprint density at radius 1 is 1.29 bits per heavy atom. The summed E-state index contributed by atoms with van der Waals surface area (Å²) in [5, 5.41) is 9.04. The normalized spacial score (nSPS) is 26.3. The van der Waals surface area contributed by atoms with Crippen molar-refractivity contribution >= 4 is 11.9 Å². The van der Waals surface area contributed by atoms with Crippen LogP contribution in [0, 0.1) is 0 Å². The van der Waals surface area contributed by atoms with E-state index in [2.05, 4.69) is 0 Å². The third-order valence-electron chi connectivity index (χ3n) is 3.42. The van der Waals surface area contributed by atoms with Gasteiger partial charge in [-0.3, -0.25) is 4.79 Å². The molecule has 5 nitrogen and oxygen atoms in total. The molecule has 2 aliphatic rings. The first-order valence-corrected chi connectivity index (χ1v) is 6.28. The highest BCUT2D eigenvalue weighted by atomic mass is 16.5. The Morgan fingerprint density at radius 3 is 2.47 bits per heavy atom. The van der Waals surface area contributed by atoms with Crippen LogP contribution in [0.1, 0.15) is 39.0 Å². The van der Waals surface area contributed by atoms with Gasteiger partial charge in [0.05, 0.1) is 0 Å². The Labute approximate surface area is 101 Å². The molecule has 5 heteroatoms. The molecule has 0 radical (unpaired) electrons. The molecule has 2 fully saturated rings. The summed E-state index contributed by atoms with van der Waals surface area (Å²) in [6.07, 6.45) is 4.09. The summed E-state index contributed by atoms with van der Waals surface area (Å²) in [7, 11) is 0. The van der Waals surface area contributed by atoms with Crippen LogP contribution in [0.15, 0.2) is 0 Å². The Kier molecular flexibility index (Phi) is 3.66. The van der Waals surface area contributed by atoms with Crippen molar-refractivity contribution in [2.45, 2.75) is 57.2 Å². The van der Waals surface area contributed by atoms with Crippen molar-refractivity contribution in [1.29, 1.82) is 0 Å². The molecule has 1 aliphatic heterocycles. The molecule has 0 aromatic carbocycles. The second-order valence-corrected chi connectivity index (χ2v) is 4.85. The van der Waals surface area contributed by atoms with Gasteiger partial charge in [0.1, 0.15) is 12.1 Å². The average Bonchev–Trinajstić information content (AvgIpc) is 3.14. The molecule has 2 atom stereocenters. The maximum Gasteiger partial charge on any atom is 0.326 e. The number of rotatable bonds is 4. The van der Waals surface area contributed by atoms with Gasteiger partial charge in [0.2, 0.25) is 0 Å². The van der Waals surface area contributed by atoms with Gasteiger partial charge in [-0.15, -0.1) is 0 Å². The fourth-order valence-electron chi connectivity index (χ4n) is 2.26. The molecular formula is C12H19NO4. The SMILES string of the molecule is CC(C(=O)O)N(C(=O)C1CCCCO1)C1CC1. The van der Waals surface area contributed by atoms with E-state index < -0.39 is 18.1 Å². The second-order valence-electron chi connectivity index (χ2n) is 4.85. The third kappa shape index (κ3) is 2.77. The predicted molar refractivity (Wildman–Crippen MR) is 60.6 cm³/mol. The summed E-state index contributed by atoms with van der Waals surface area (Å²) >= 11 is 0. The highest BCUT2D eigenvalue weighted by molar-refractivity contribution is 5.86. The van der Waals surface area contributed by atoms with E-state index in [0.29, 0.717) is 13.0 Å². The number of hydrogen-bond donors (Lipinski definition) is 1. The molecular weight excluding hydrogens is 222 g/mol. The summed E-state index contributed by atoms with van der Waals surface area (Å²) in [5.74, 6) is -1.08. The zero-order valence-electron chi connectivity index (χ0n) is 10.1. The summed E-state index contributed by atoms with van der Waals surface area (Å²) < 4.78 is 5.44. The van der Waals surface area contributed by atoms with E-state index in [1.54, 1.807) is 6.92 Å². The lowest BCUT2D eigenvalue weighted by Gasteiger charge is -2.31. The minimum Gasteiger partial charge on any atom is -0.480 e. The Bertz CT molecular complexity index is 308. The van der Waals surface area contributed by atoms with E-state index in [1.807, 2.05) is 0 Å². The summed E-state index contributed by atoms with van der Waals surface area (Å²) in [6, 6.07) is -0.639. The average molecular weight is 241 g/mol. The predicted octanol–water partition coefficient (Wildman–Crippen LogP) is 1.02. The number of amides is 1. The minimum absolute atomic E-state index is 0.110. The van der Waals surface area contributed by atoms with E-state index in [1.165, 1.54) is 4.90 Å². The Hall–Kier alpha value is -1.10. The quantitative estimate of drug-likeness (QED) is 0.798. The standard InChI is InChI=1S/C12H19NO4/c1-8(12(15)16)13(9-5-6-9)11(14)10-4-2-3-7-17-10/h8-10H,2-7H2,1H3,(H,15,16). The van der Waals surface area contributed by atoms with Crippen LogP contribution in [0.5, 0.6) is 0 Å². The lowest BCUT2D eigenvalue weighted by Crippen LogP contribution is -2.50. The van der Waals surface area contributed by atoms with Crippen LogP contribution >= 0.6 is 0 Å². The first-order chi connectivity index (χ1) is 8.11. The van der Waals surface area contributed by atoms with Crippen LogP contribution < -0.4 is 0 Å². The molecule has 17 heavy (non-hydrogen) atoms. The number of carbonyl (C=O) groups excluding carboxylic acids is 1. The monoisotopic (exact) mass is 241 g/mol. The molecule has 1 saturated heterocycles. The van der Waals surface area contributed by atoms with Gasteiger partial charge < -0.3 is 14.7 Å². The second kappa shape index (κ2) is 5.04. The van der Waals surface area contributed by atoms with Crippen LogP contribution in [-0.2, 0) is 14.3 Å². The lowest BCUT2D eigenvalue weighted by molar-refractivity contribution is -0.157. The van der Waals surface area contributed by atoms with Gasteiger partial charge in [0.25, 0.3) is 5.91 Å². The van der Waals surface area contributed by atoms with E-state index >= 15 is 0 Å². The molecule has 1 N–H and O–H groups in total. The smallest absolute Gasteiger partial charge is 0.326 e. The first-order valence-electron chi connectivity index (χ1n) is 6.28. The van der Waals surface area contributed by atoms with Gasteiger partial charge in [-0.05, 0) is 39.0 Å². The summed E-state index contributed by atoms with van der Waals surface area (Å²) in [6.45, 7) is 2.18. The number of ether oxygens (including phenoxy) is 1. The molecule has 1 heterocycles. The van der Waals surface area contributed by atoms with E-state index in [0.717, 1.165) is 25.7 Å². The van der Waals surface area contributed by atoms with Gasteiger partial charge in [-0.1, -0.05) is 0 Å². The number of nitrogens with zero attached hydrogens (tertiary/aromatic N) is 1. The largest absolute Gasteiger partial charge is 0.480 e. The number of aliphatic carboxylic acids is 1. The fourth-order valence-corrected chi connectivity index (χ4v) is 2.26. The Balaban J connectivity index is 2.04. The number of hydrogen-bond acceptors (Lipinski definition) is 3. The summed E-state index contributed by atoms with van der Waals surface area (Å²) in [5.41, 5.74) is 0. The zero-order valence-corrected chi connectivity index (χ0v) is 10.1. The van der Waals surface area contributed by atoms with Crippen molar-refractivity contribution in [3.63, 3.8) is 0 Å². The van der Waals surface area contributed by atoms with Crippen LogP contribution in [0.3, 0.4) is 0 Å². The van der Waals surface area contributed by atoms with Crippen LogP contribution in [-0.4, -0.2) is 46.7 Å². The maximum absolute atomic E-state index is 12.3. The van der Waals surface area contributed by atoms with Crippen LogP contribution in [0.2, 0.25) is 0 Å². The topological polar surface area (TPSA) is 66.8 Å². The molecule has 2 rings (SSSR count). The van der Waals surface area contributed by atoms with E-state index in [4.69, 9.17) is 9.84 Å². The maximum atomic E-state index is 12.3. The van der Waals surface area contributed by atoms with Gasteiger partial charge in [0, 0.05) is 12.6 Å². The van der Waals surface area contributed by atoms with E-state index in [-0.39, 0.29) is 11.9 Å². The first kappa shape index (κ1) is 12.4. The Morgan fingerprint density at radius 2 is 2.00 bits per heavy atom. The van der Waals surface area contributed by atoms with Crippen molar-refractivity contribution in [3.05, 3.63) is 0 Å². The van der Waals surface area contributed by atoms with Crippen molar-refractivity contribution in [2.75, 3.05) is 6.61 Å². The van der Waals surface area contributed by atoms with Crippen molar-refractivity contribution in [1.82, 2.24) is 4.90 Å². The molecule has 0 bridgehead atoms. The number of carboxylic acids is 1. The molecule has 0 aromatic rings. The molecule has 96 valence electrons. The van der Waals surface area contributed by atoms with Gasteiger partial charge in [-0.25, -0.2) is 4.79 Å². The molecule has 2 unspecified atom stereocenters. The van der Waals surface area contributed by atoms with E-state index in [9.17, 15) is 9.59 Å². The van der Waals surface area contributed by atoms with Gasteiger partial charge in [-0.2, -0.15) is 0 Å². The summed E-state index contributed by atoms with van der Waals surface area (Å²) in [4.78, 5) is 24.8. The van der Waals surface area contributed by atoms with Crippen molar-refractivity contribution < 1.29 is 19.4 Å². The van der Waals surface area contributed by atoms with Crippen molar-refractivity contribution in [2.24, 2.45) is 0 Å². The number of carboxylic acid groups (broad SMARTS) is 1. The third-order valence-corrected chi connectivity index (χ3v) is 3.42. The minimum atomic E-state index is -0.943. The zero-order chi connectivity index (χ0) is 12.4. The molecule has 1 aliphatic carbocycles. The van der Waals surface area contributed by atoms with Crippen molar-refractivity contribution in [3.8, 4) is 0 Å². The highest BCUT2D eigenvalue weighted by Gasteiger charge is 2.41.